The van der Waals surface area contributed by atoms with E-state index in [1.807, 2.05) is 32.9 Å². The fraction of sp³-hybridized carbons (Fsp3) is 0.571. The summed E-state index contributed by atoms with van der Waals surface area (Å²) in [5, 5.41) is 10.5. The van der Waals surface area contributed by atoms with Crippen LogP contribution in [0.5, 0.6) is 0 Å². The van der Waals surface area contributed by atoms with Crippen molar-refractivity contribution < 1.29 is 14.6 Å². The van der Waals surface area contributed by atoms with Crippen molar-refractivity contribution in [3.8, 4) is 0 Å². The molecule has 0 bridgehead atoms. The summed E-state index contributed by atoms with van der Waals surface area (Å²) in [6, 6.07) is 7.15. The van der Waals surface area contributed by atoms with Gasteiger partial charge >= 0.3 is 0 Å². The molecule has 0 aliphatic heterocycles. The van der Waals surface area contributed by atoms with E-state index >= 15 is 0 Å². The third-order valence-corrected chi connectivity index (χ3v) is 2.51. The molecule has 0 aliphatic carbocycles. The van der Waals surface area contributed by atoms with Crippen LogP contribution in [0, 0.1) is 0 Å². The first-order valence-corrected chi connectivity index (χ1v) is 6.41. The van der Waals surface area contributed by atoms with Crippen LogP contribution in [-0.4, -0.2) is 30.5 Å². The largest absolute Gasteiger partial charge is 0.386 e. The topological polar surface area (TPSA) is 38.7 Å². The number of benzene rings is 1. The van der Waals surface area contributed by atoms with Crippen molar-refractivity contribution in [2.24, 2.45) is 0 Å². The zero-order valence-corrected chi connectivity index (χ0v) is 11.9. The second-order valence-corrected chi connectivity index (χ2v) is 5.54. The van der Waals surface area contributed by atoms with Crippen LogP contribution in [0.15, 0.2) is 24.3 Å². The molecule has 102 valence electrons. The van der Waals surface area contributed by atoms with Crippen LogP contribution in [0.4, 0.5) is 0 Å². The Hall–Kier alpha value is -0.610. The zero-order chi connectivity index (χ0) is 13.6. The van der Waals surface area contributed by atoms with Gasteiger partial charge in [0.25, 0.3) is 0 Å². The first kappa shape index (κ1) is 15.4. The number of rotatable bonds is 6. The maximum absolute atomic E-state index is 9.88. The van der Waals surface area contributed by atoms with Crippen LogP contribution in [0.25, 0.3) is 0 Å². The van der Waals surface area contributed by atoms with Crippen molar-refractivity contribution in [2.75, 3.05) is 19.8 Å². The first-order chi connectivity index (χ1) is 8.38. The molecule has 0 saturated carbocycles. The van der Waals surface area contributed by atoms with Crippen LogP contribution in [0.2, 0.25) is 5.02 Å². The van der Waals surface area contributed by atoms with E-state index in [0.29, 0.717) is 18.2 Å². The van der Waals surface area contributed by atoms with Crippen LogP contribution in [0.3, 0.4) is 0 Å². The quantitative estimate of drug-likeness (QED) is 0.808. The lowest BCUT2D eigenvalue weighted by molar-refractivity contribution is -0.0477. The van der Waals surface area contributed by atoms with E-state index in [-0.39, 0.29) is 12.2 Å². The molecular formula is C14H21ClO3. The van der Waals surface area contributed by atoms with Crippen LogP contribution >= 0.6 is 11.6 Å². The molecule has 1 atom stereocenters. The molecule has 0 heterocycles. The normalized spacial score (nSPS) is 13.6. The Labute approximate surface area is 114 Å². The summed E-state index contributed by atoms with van der Waals surface area (Å²) >= 11 is 5.85. The SMILES string of the molecule is CC(C)(C)OCCOCC(O)c1cccc(Cl)c1. The highest BCUT2D eigenvalue weighted by Crippen LogP contribution is 2.17. The van der Waals surface area contributed by atoms with Gasteiger partial charge < -0.3 is 14.6 Å². The van der Waals surface area contributed by atoms with Gasteiger partial charge in [-0.1, -0.05) is 23.7 Å². The van der Waals surface area contributed by atoms with Crippen molar-refractivity contribution >= 4 is 11.6 Å². The standard InChI is InChI=1S/C14H21ClO3/c1-14(2,3)18-8-7-17-10-13(16)11-5-4-6-12(15)9-11/h4-6,9,13,16H,7-8,10H2,1-3H3. The molecule has 1 aromatic carbocycles. The average molecular weight is 273 g/mol. The van der Waals surface area contributed by atoms with Crippen molar-refractivity contribution in [1.29, 1.82) is 0 Å². The van der Waals surface area contributed by atoms with Crippen LogP contribution < -0.4 is 0 Å². The van der Waals surface area contributed by atoms with Gasteiger partial charge in [0.2, 0.25) is 0 Å². The molecule has 18 heavy (non-hydrogen) atoms. The predicted molar refractivity (Wildman–Crippen MR) is 72.9 cm³/mol. The second-order valence-electron chi connectivity index (χ2n) is 5.11. The van der Waals surface area contributed by atoms with E-state index in [4.69, 9.17) is 21.1 Å². The lowest BCUT2D eigenvalue weighted by Crippen LogP contribution is -2.22. The number of halogens is 1. The summed E-state index contributed by atoms with van der Waals surface area (Å²) in [6.07, 6.45) is -0.654. The Morgan fingerprint density at radius 1 is 1.28 bits per heavy atom. The summed E-state index contributed by atoms with van der Waals surface area (Å²) in [5.41, 5.74) is 0.605. The third kappa shape index (κ3) is 6.36. The van der Waals surface area contributed by atoms with Gasteiger partial charge in [-0.15, -0.1) is 0 Å². The highest BCUT2D eigenvalue weighted by molar-refractivity contribution is 6.30. The molecule has 1 aromatic rings. The monoisotopic (exact) mass is 272 g/mol. The number of aliphatic hydroxyl groups excluding tert-OH is 1. The molecule has 0 aromatic heterocycles. The molecule has 1 rings (SSSR count). The summed E-state index contributed by atoms with van der Waals surface area (Å²) in [5.74, 6) is 0. The Kier molecular flexibility index (Phi) is 6.09. The highest BCUT2D eigenvalue weighted by atomic mass is 35.5. The van der Waals surface area contributed by atoms with E-state index in [0.717, 1.165) is 5.56 Å². The minimum Gasteiger partial charge on any atom is -0.386 e. The molecule has 1 N–H and O–H groups in total. The third-order valence-electron chi connectivity index (χ3n) is 2.27. The zero-order valence-electron chi connectivity index (χ0n) is 11.1. The van der Waals surface area contributed by atoms with Gasteiger partial charge in [-0.3, -0.25) is 0 Å². The van der Waals surface area contributed by atoms with Crippen molar-refractivity contribution in [3.05, 3.63) is 34.9 Å². The number of aliphatic hydroxyl groups is 1. The molecule has 0 radical (unpaired) electrons. The van der Waals surface area contributed by atoms with Gasteiger partial charge in [-0.05, 0) is 38.5 Å². The van der Waals surface area contributed by atoms with E-state index in [1.165, 1.54) is 0 Å². The van der Waals surface area contributed by atoms with Crippen LogP contribution in [0.1, 0.15) is 32.4 Å². The number of ether oxygens (including phenoxy) is 2. The van der Waals surface area contributed by atoms with Gasteiger partial charge in [0.15, 0.2) is 0 Å². The van der Waals surface area contributed by atoms with Crippen LogP contribution in [-0.2, 0) is 9.47 Å². The minimum absolute atomic E-state index is 0.158. The fourth-order valence-electron chi connectivity index (χ4n) is 1.41. The summed E-state index contributed by atoms with van der Waals surface area (Å²) in [7, 11) is 0. The highest BCUT2D eigenvalue weighted by Gasteiger charge is 2.10. The summed E-state index contributed by atoms with van der Waals surface area (Å²) in [6.45, 7) is 7.21. The molecule has 0 amide bonds. The molecule has 0 saturated heterocycles. The van der Waals surface area contributed by atoms with Crippen molar-refractivity contribution in [2.45, 2.75) is 32.5 Å². The Balaban J connectivity index is 2.23. The van der Waals surface area contributed by atoms with Gasteiger partial charge in [-0.2, -0.15) is 0 Å². The first-order valence-electron chi connectivity index (χ1n) is 6.04. The summed E-state index contributed by atoms with van der Waals surface area (Å²) in [4.78, 5) is 0. The van der Waals surface area contributed by atoms with Crippen molar-refractivity contribution in [1.82, 2.24) is 0 Å². The predicted octanol–water partition coefficient (Wildman–Crippen LogP) is 3.21. The van der Waals surface area contributed by atoms with Gasteiger partial charge in [0.1, 0.15) is 6.10 Å². The van der Waals surface area contributed by atoms with Gasteiger partial charge in [-0.25, -0.2) is 0 Å². The van der Waals surface area contributed by atoms with Gasteiger partial charge in [0.05, 0.1) is 25.4 Å². The lowest BCUT2D eigenvalue weighted by Gasteiger charge is -2.19. The maximum atomic E-state index is 9.88. The van der Waals surface area contributed by atoms with E-state index < -0.39 is 6.10 Å². The Bertz CT molecular complexity index is 360. The lowest BCUT2D eigenvalue weighted by atomic mass is 10.1. The maximum Gasteiger partial charge on any atom is 0.102 e. The number of hydrogen-bond donors (Lipinski definition) is 1. The van der Waals surface area contributed by atoms with E-state index in [1.54, 1.807) is 12.1 Å². The van der Waals surface area contributed by atoms with E-state index in [2.05, 4.69) is 0 Å². The molecular weight excluding hydrogens is 252 g/mol. The van der Waals surface area contributed by atoms with Crippen molar-refractivity contribution in [3.63, 3.8) is 0 Å². The summed E-state index contributed by atoms with van der Waals surface area (Å²) < 4.78 is 10.9. The fourth-order valence-corrected chi connectivity index (χ4v) is 1.61. The molecule has 0 aliphatic rings. The second kappa shape index (κ2) is 7.10. The molecule has 0 fully saturated rings. The smallest absolute Gasteiger partial charge is 0.102 e. The molecule has 4 heteroatoms. The average Bonchev–Trinajstić information content (AvgIpc) is 2.26. The molecule has 3 nitrogen and oxygen atoms in total. The Morgan fingerprint density at radius 2 is 2.00 bits per heavy atom. The number of hydrogen-bond acceptors (Lipinski definition) is 3. The molecule has 0 spiro atoms. The Morgan fingerprint density at radius 3 is 2.61 bits per heavy atom. The molecule has 1 unspecified atom stereocenters. The minimum atomic E-state index is -0.654. The van der Waals surface area contributed by atoms with Gasteiger partial charge in [0, 0.05) is 5.02 Å². The van der Waals surface area contributed by atoms with E-state index in [9.17, 15) is 5.11 Å².